The summed E-state index contributed by atoms with van der Waals surface area (Å²) < 4.78 is 11.7. The van der Waals surface area contributed by atoms with Gasteiger partial charge in [-0.15, -0.1) is 0 Å². The first kappa shape index (κ1) is 19.2. The van der Waals surface area contributed by atoms with Gasteiger partial charge in [-0.2, -0.15) is 0 Å². The summed E-state index contributed by atoms with van der Waals surface area (Å²) in [6.45, 7) is 14.8. The predicted molar refractivity (Wildman–Crippen MR) is 113 cm³/mol. The van der Waals surface area contributed by atoms with Crippen LogP contribution in [0.25, 0.3) is 10.8 Å². The van der Waals surface area contributed by atoms with Crippen molar-refractivity contribution in [3.63, 3.8) is 0 Å². The van der Waals surface area contributed by atoms with Crippen LogP contribution >= 0.6 is 0 Å². The molecule has 0 spiro atoms. The lowest BCUT2D eigenvalue weighted by molar-refractivity contribution is -0.131. The monoisotopic (exact) mass is 388 g/mol. The highest BCUT2D eigenvalue weighted by Crippen LogP contribution is 2.60. The Morgan fingerprint density at radius 1 is 0.931 bits per heavy atom. The van der Waals surface area contributed by atoms with Crippen LogP contribution in [0.2, 0.25) is 0 Å². The highest BCUT2D eigenvalue weighted by atomic mass is 16.5. The third-order valence-corrected chi connectivity index (χ3v) is 5.75. The summed E-state index contributed by atoms with van der Waals surface area (Å²) in [5, 5.41) is 1.52. The van der Waals surface area contributed by atoms with E-state index in [1.807, 2.05) is 25.1 Å². The Kier molecular flexibility index (Phi) is 4.45. The minimum Gasteiger partial charge on any atom is -0.422 e. The highest BCUT2D eigenvalue weighted by molar-refractivity contribution is 6.02. The van der Waals surface area contributed by atoms with Gasteiger partial charge in [0.05, 0.1) is 0 Å². The number of aryl methyl sites for hydroxylation is 1. The van der Waals surface area contributed by atoms with Crippen LogP contribution in [0, 0.1) is 6.92 Å². The maximum atomic E-state index is 12.4. The minimum absolute atomic E-state index is 0.134. The smallest absolute Gasteiger partial charge is 0.338 e. The molecule has 0 heterocycles. The largest absolute Gasteiger partial charge is 0.422 e. The van der Waals surface area contributed by atoms with Gasteiger partial charge in [0.1, 0.15) is 11.5 Å². The Morgan fingerprint density at radius 3 is 2.10 bits per heavy atom. The molecule has 0 saturated heterocycles. The summed E-state index contributed by atoms with van der Waals surface area (Å²) in [6.07, 6.45) is 3.11. The summed E-state index contributed by atoms with van der Waals surface area (Å²) in [6, 6.07) is 5.86. The molecular weight excluding hydrogens is 364 g/mol. The maximum Gasteiger partial charge on any atom is 0.338 e. The van der Waals surface area contributed by atoms with Crippen LogP contribution in [0.15, 0.2) is 54.2 Å². The van der Waals surface area contributed by atoms with Crippen molar-refractivity contribution in [3.8, 4) is 11.5 Å². The van der Waals surface area contributed by atoms with Crippen LogP contribution in [0.3, 0.4) is 0 Å². The number of ether oxygens (including phenoxy) is 2. The van der Waals surface area contributed by atoms with E-state index >= 15 is 0 Å². The molecule has 0 aliphatic heterocycles. The zero-order valence-electron chi connectivity index (χ0n) is 17.2. The molecule has 2 aromatic carbocycles. The molecule has 0 aromatic heterocycles. The minimum atomic E-state index is -0.454. The molecule has 2 atom stereocenters. The predicted octanol–water partition coefficient (Wildman–Crippen LogP) is 5.64. The molecule has 2 unspecified atom stereocenters. The van der Waals surface area contributed by atoms with Crippen LogP contribution in [0.4, 0.5) is 0 Å². The van der Waals surface area contributed by atoms with E-state index in [0.717, 1.165) is 33.9 Å². The molecule has 0 saturated carbocycles. The molecule has 2 aliphatic carbocycles. The molecular formula is C25H24O4. The van der Waals surface area contributed by atoms with E-state index in [1.54, 1.807) is 13.8 Å². The number of hydrogen-bond acceptors (Lipinski definition) is 4. The number of esters is 2. The van der Waals surface area contributed by atoms with Crippen molar-refractivity contribution in [2.75, 3.05) is 0 Å². The lowest BCUT2D eigenvalue weighted by Gasteiger charge is -2.24. The van der Waals surface area contributed by atoms with Crippen molar-refractivity contribution in [1.29, 1.82) is 0 Å². The average molecular weight is 388 g/mol. The molecule has 0 N–H and O–H groups in total. The quantitative estimate of drug-likeness (QED) is 0.294. The van der Waals surface area contributed by atoms with Gasteiger partial charge in [-0.3, -0.25) is 0 Å². The van der Waals surface area contributed by atoms with Gasteiger partial charge in [-0.25, -0.2) is 9.59 Å². The SMILES string of the molecule is C=C(C)C(=O)Oc1c2c(c(OC(=O)C(=C)C)c3ccc(C)cc13)C1CC2C=C1C. The van der Waals surface area contributed by atoms with E-state index in [-0.39, 0.29) is 11.8 Å². The van der Waals surface area contributed by atoms with Gasteiger partial charge in [0, 0.05) is 44.9 Å². The Labute approximate surface area is 170 Å². The Hall–Kier alpha value is -3.14. The summed E-state index contributed by atoms with van der Waals surface area (Å²) in [4.78, 5) is 24.9. The molecule has 0 fully saturated rings. The van der Waals surface area contributed by atoms with E-state index < -0.39 is 11.9 Å². The fourth-order valence-electron chi connectivity index (χ4n) is 4.36. The maximum absolute atomic E-state index is 12.4. The first-order chi connectivity index (χ1) is 13.7. The van der Waals surface area contributed by atoms with Crippen LogP contribution in [0.1, 0.15) is 55.7 Å². The Bertz CT molecular complexity index is 1150. The number of benzene rings is 2. The van der Waals surface area contributed by atoms with E-state index in [9.17, 15) is 9.59 Å². The molecule has 29 heavy (non-hydrogen) atoms. The summed E-state index contributed by atoms with van der Waals surface area (Å²) >= 11 is 0. The van der Waals surface area contributed by atoms with Crippen molar-refractivity contribution < 1.29 is 19.1 Å². The molecule has 2 aliphatic rings. The van der Waals surface area contributed by atoms with Gasteiger partial charge in [0.25, 0.3) is 0 Å². The van der Waals surface area contributed by atoms with Gasteiger partial charge in [-0.05, 0) is 40.2 Å². The van der Waals surface area contributed by atoms with Gasteiger partial charge in [0.15, 0.2) is 0 Å². The number of hydrogen-bond donors (Lipinski definition) is 0. The summed E-state index contributed by atoms with van der Waals surface area (Å²) in [7, 11) is 0. The second-order valence-corrected chi connectivity index (χ2v) is 8.18. The average Bonchev–Trinajstić information content (AvgIpc) is 3.21. The zero-order chi connectivity index (χ0) is 21.0. The molecule has 4 rings (SSSR count). The zero-order valence-corrected chi connectivity index (χ0v) is 17.2. The normalized spacial score (nSPS) is 19.0. The van der Waals surface area contributed by atoms with Gasteiger partial charge < -0.3 is 9.47 Å². The van der Waals surface area contributed by atoms with E-state index in [0.29, 0.717) is 22.6 Å². The standard InChI is InChI=1S/C25H24O4/c1-12(2)24(26)28-22-17-8-7-14(5)9-19(17)23(29-25(27)13(3)4)20-16-10-15(6)18(11-16)21(20)22/h7-10,16,18H,1,3,11H2,2,4-6H3. The van der Waals surface area contributed by atoms with Gasteiger partial charge >= 0.3 is 11.9 Å². The summed E-state index contributed by atoms with van der Waals surface area (Å²) in [5.74, 6) is 0.484. The molecule has 148 valence electrons. The number of carbonyl (C=O) groups is 2. The molecule has 2 aromatic rings. The van der Waals surface area contributed by atoms with Crippen molar-refractivity contribution in [3.05, 3.63) is 70.8 Å². The van der Waals surface area contributed by atoms with Crippen LogP contribution in [0.5, 0.6) is 11.5 Å². The van der Waals surface area contributed by atoms with E-state index in [1.165, 1.54) is 5.57 Å². The fraction of sp³-hybridized carbons (Fsp3) is 0.280. The molecule has 2 bridgehead atoms. The van der Waals surface area contributed by atoms with Crippen molar-refractivity contribution in [1.82, 2.24) is 0 Å². The lowest BCUT2D eigenvalue weighted by Crippen LogP contribution is -2.15. The lowest BCUT2D eigenvalue weighted by atomic mass is 9.87. The first-order valence-corrected chi connectivity index (χ1v) is 9.72. The number of carbonyl (C=O) groups excluding carboxylic acids is 2. The molecule has 0 amide bonds. The fourth-order valence-corrected chi connectivity index (χ4v) is 4.36. The third kappa shape index (κ3) is 3.00. The Balaban J connectivity index is 2.04. The van der Waals surface area contributed by atoms with Gasteiger partial charge in [-0.1, -0.05) is 42.5 Å². The van der Waals surface area contributed by atoms with Crippen LogP contribution in [-0.2, 0) is 9.59 Å². The van der Waals surface area contributed by atoms with Crippen LogP contribution < -0.4 is 9.47 Å². The third-order valence-electron chi connectivity index (χ3n) is 5.75. The van der Waals surface area contributed by atoms with Crippen LogP contribution in [-0.4, -0.2) is 11.9 Å². The Morgan fingerprint density at radius 2 is 1.52 bits per heavy atom. The molecule has 4 nitrogen and oxygen atoms in total. The van der Waals surface area contributed by atoms with Gasteiger partial charge in [0.2, 0.25) is 0 Å². The van der Waals surface area contributed by atoms with Crippen molar-refractivity contribution in [2.24, 2.45) is 0 Å². The number of allylic oxidation sites excluding steroid dienone is 2. The van der Waals surface area contributed by atoms with Crippen molar-refractivity contribution in [2.45, 2.75) is 46.0 Å². The highest BCUT2D eigenvalue weighted by Gasteiger charge is 2.43. The molecule has 4 heteroatoms. The molecule has 0 radical (unpaired) electrons. The first-order valence-electron chi connectivity index (χ1n) is 9.72. The second kappa shape index (κ2) is 6.73. The van der Waals surface area contributed by atoms with E-state index in [4.69, 9.17) is 9.47 Å². The topological polar surface area (TPSA) is 52.6 Å². The second-order valence-electron chi connectivity index (χ2n) is 8.18. The summed E-state index contributed by atoms with van der Waals surface area (Å²) in [5.41, 5.74) is 4.85. The number of fused-ring (bicyclic) bond motifs is 6. The number of rotatable bonds is 4. The van der Waals surface area contributed by atoms with E-state index in [2.05, 4.69) is 26.2 Å². The van der Waals surface area contributed by atoms with Crippen molar-refractivity contribution >= 4 is 22.7 Å².